The highest BCUT2D eigenvalue weighted by Crippen LogP contribution is 2.13. The SMILES string of the molecule is O=C(O)CCc1ccc(C#Cc2cccc(OCCCCBr)c2)cc1. The molecule has 2 aromatic rings. The number of alkyl halides is 1. The van der Waals surface area contributed by atoms with Gasteiger partial charge in [0.15, 0.2) is 0 Å². The third-order valence-electron chi connectivity index (χ3n) is 3.56. The van der Waals surface area contributed by atoms with Crippen LogP contribution in [0.1, 0.15) is 36.0 Å². The molecule has 0 amide bonds. The first-order valence-electron chi connectivity index (χ1n) is 8.29. The van der Waals surface area contributed by atoms with Crippen LogP contribution >= 0.6 is 15.9 Å². The van der Waals surface area contributed by atoms with E-state index in [1.54, 1.807) is 0 Å². The van der Waals surface area contributed by atoms with Gasteiger partial charge in [-0.05, 0) is 55.2 Å². The number of aryl methyl sites for hydroxylation is 1. The average Bonchev–Trinajstić information content (AvgIpc) is 2.63. The van der Waals surface area contributed by atoms with E-state index in [0.29, 0.717) is 13.0 Å². The number of unbranched alkanes of at least 4 members (excludes halogenated alkanes) is 1. The van der Waals surface area contributed by atoms with Gasteiger partial charge in [-0.1, -0.05) is 46.0 Å². The molecule has 1 N–H and O–H groups in total. The summed E-state index contributed by atoms with van der Waals surface area (Å²) >= 11 is 3.41. The van der Waals surface area contributed by atoms with E-state index in [-0.39, 0.29) is 6.42 Å². The Hall–Kier alpha value is -2.25. The summed E-state index contributed by atoms with van der Waals surface area (Å²) in [5, 5.41) is 9.71. The monoisotopic (exact) mass is 400 g/mol. The molecule has 130 valence electrons. The summed E-state index contributed by atoms with van der Waals surface area (Å²) in [4.78, 5) is 10.6. The first-order chi connectivity index (χ1) is 12.2. The Morgan fingerprint density at radius 1 is 1.04 bits per heavy atom. The van der Waals surface area contributed by atoms with Crippen molar-refractivity contribution in [2.24, 2.45) is 0 Å². The van der Waals surface area contributed by atoms with Crippen LogP contribution in [0, 0.1) is 11.8 Å². The zero-order chi connectivity index (χ0) is 17.9. The minimum Gasteiger partial charge on any atom is -0.494 e. The summed E-state index contributed by atoms with van der Waals surface area (Å²) < 4.78 is 5.73. The number of hydrogen-bond donors (Lipinski definition) is 1. The number of carboxylic acids is 1. The standard InChI is InChI=1S/C21H21BrO3/c22-14-1-2-15-25-20-5-3-4-19(16-20)11-10-17-6-8-18(9-7-17)12-13-21(23)24/h3-9,16H,1-2,12-15H2,(H,23,24). The van der Waals surface area contributed by atoms with Crippen molar-refractivity contribution in [3.63, 3.8) is 0 Å². The Bertz CT molecular complexity index is 742. The maximum absolute atomic E-state index is 10.6. The first-order valence-corrected chi connectivity index (χ1v) is 9.41. The number of carbonyl (C=O) groups is 1. The van der Waals surface area contributed by atoms with Gasteiger partial charge in [0, 0.05) is 22.9 Å². The minimum absolute atomic E-state index is 0.146. The van der Waals surface area contributed by atoms with Gasteiger partial charge < -0.3 is 9.84 Å². The largest absolute Gasteiger partial charge is 0.494 e. The molecule has 2 rings (SSSR count). The molecule has 0 atom stereocenters. The number of aliphatic carboxylic acids is 1. The van der Waals surface area contributed by atoms with Crippen molar-refractivity contribution in [3.8, 4) is 17.6 Å². The third kappa shape index (κ3) is 7.45. The zero-order valence-corrected chi connectivity index (χ0v) is 15.6. The maximum atomic E-state index is 10.6. The van der Waals surface area contributed by atoms with Crippen LogP contribution in [0.2, 0.25) is 0 Å². The normalized spacial score (nSPS) is 9.96. The molecular weight excluding hydrogens is 380 g/mol. The van der Waals surface area contributed by atoms with E-state index in [2.05, 4.69) is 27.8 Å². The van der Waals surface area contributed by atoms with E-state index in [0.717, 1.165) is 40.6 Å². The number of carboxylic acid groups (broad SMARTS) is 1. The van der Waals surface area contributed by atoms with Gasteiger partial charge >= 0.3 is 5.97 Å². The van der Waals surface area contributed by atoms with E-state index in [1.165, 1.54) is 0 Å². The Balaban J connectivity index is 1.94. The van der Waals surface area contributed by atoms with Crippen molar-refractivity contribution in [3.05, 3.63) is 65.2 Å². The summed E-state index contributed by atoms with van der Waals surface area (Å²) in [7, 11) is 0. The van der Waals surface area contributed by atoms with Gasteiger partial charge in [0.05, 0.1) is 6.61 Å². The van der Waals surface area contributed by atoms with Crippen LogP contribution in [0.3, 0.4) is 0 Å². The average molecular weight is 401 g/mol. The maximum Gasteiger partial charge on any atom is 0.303 e. The Morgan fingerprint density at radius 3 is 2.52 bits per heavy atom. The molecule has 0 aliphatic rings. The van der Waals surface area contributed by atoms with Crippen molar-refractivity contribution in [2.45, 2.75) is 25.7 Å². The molecule has 0 saturated heterocycles. The van der Waals surface area contributed by atoms with Crippen LogP contribution in [-0.2, 0) is 11.2 Å². The number of benzene rings is 2. The first kappa shape index (κ1) is 19.1. The molecule has 0 aromatic heterocycles. The lowest BCUT2D eigenvalue weighted by Gasteiger charge is -2.05. The van der Waals surface area contributed by atoms with E-state index in [9.17, 15) is 4.79 Å². The van der Waals surface area contributed by atoms with Crippen molar-refractivity contribution in [1.82, 2.24) is 0 Å². The van der Waals surface area contributed by atoms with Crippen LogP contribution in [0.4, 0.5) is 0 Å². The quantitative estimate of drug-likeness (QED) is 0.398. The molecule has 0 aliphatic heterocycles. The van der Waals surface area contributed by atoms with E-state index in [4.69, 9.17) is 9.84 Å². The second kappa shape index (κ2) is 10.6. The topological polar surface area (TPSA) is 46.5 Å². The van der Waals surface area contributed by atoms with Gasteiger partial charge in [0.1, 0.15) is 5.75 Å². The molecule has 0 saturated carbocycles. The third-order valence-corrected chi connectivity index (χ3v) is 4.12. The van der Waals surface area contributed by atoms with Gasteiger partial charge in [-0.2, -0.15) is 0 Å². The molecule has 2 aromatic carbocycles. The van der Waals surface area contributed by atoms with Gasteiger partial charge in [-0.15, -0.1) is 0 Å². The Morgan fingerprint density at radius 2 is 1.80 bits per heavy atom. The summed E-state index contributed by atoms with van der Waals surface area (Å²) in [6, 6.07) is 15.5. The number of rotatable bonds is 8. The van der Waals surface area contributed by atoms with E-state index >= 15 is 0 Å². The molecule has 0 bridgehead atoms. The second-order valence-corrected chi connectivity index (χ2v) is 6.41. The summed E-state index contributed by atoms with van der Waals surface area (Å²) in [5.41, 5.74) is 2.82. The highest BCUT2D eigenvalue weighted by molar-refractivity contribution is 9.09. The summed E-state index contributed by atoms with van der Waals surface area (Å²) in [6.45, 7) is 0.709. The molecule has 3 nitrogen and oxygen atoms in total. The zero-order valence-electron chi connectivity index (χ0n) is 14.0. The predicted molar refractivity (Wildman–Crippen MR) is 103 cm³/mol. The lowest BCUT2D eigenvalue weighted by molar-refractivity contribution is -0.136. The lowest BCUT2D eigenvalue weighted by atomic mass is 10.1. The fourth-order valence-electron chi connectivity index (χ4n) is 2.20. The van der Waals surface area contributed by atoms with Gasteiger partial charge in [0.2, 0.25) is 0 Å². The molecule has 0 radical (unpaired) electrons. The predicted octanol–water partition coefficient (Wildman–Crippen LogP) is 4.66. The van der Waals surface area contributed by atoms with Crippen LogP contribution in [0.15, 0.2) is 48.5 Å². The summed E-state index contributed by atoms with van der Waals surface area (Å²) in [6.07, 6.45) is 2.81. The fourth-order valence-corrected chi connectivity index (χ4v) is 2.60. The minimum atomic E-state index is -0.779. The van der Waals surface area contributed by atoms with Crippen molar-refractivity contribution in [1.29, 1.82) is 0 Å². The molecule has 25 heavy (non-hydrogen) atoms. The van der Waals surface area contributed by atoms with E-state index in [1.807, 2.05) is 48.5 Å². The second-order valence-electron chi connectivity index (χ2n) is 5.61. The number of halogens is 1. The molecule has 0 fully saturated rings. The summed E-state index contributed by atoms with van der Waals surface area (Å²) in [5.74, 6) is 6.33. The number of ether oxygens (including phenoxy) is 1. The van der Waals surface area contributed by atoms with Crippen molar-refractivity contribution in [2.75, 3.05) is 11.9 Å². The Labute approximate surface area is 157 Å². The molecular formula is C21H21BrO3. The highest BCUT2D eigenvalue weighted by Gasteiger charge is 1.99. The van der Waals surface area contributed by atoms with Crippen LogP contribution < -0.4 is 4.74 Å². The van der Waals surface area contributed by atoms with Crippen LogP contribution in [0.25, 0.3) is 0 Å². The fraction of sp³-hybridized carbons (Fsp3) is 0.286. The molecule has 4 heteroatoms. The molecule has 0 heterocycles. The molecule has 0 spiro atoms. The lowest BCUT2D eigenvalue weighted by Crippen LogP contribution is -1.97. The van der Waals surface area contributed by atoms with Gasteiger partial charge in [-0.25, -0.2) is 0 Å². The van der Waals surface area contributed by atoms with Crippen LogP contribution in [-0.4, -0.2) is 23.0 Å². The van der Waals surface area contributed by atoms with E-state index < -0.39 is 5.97 Å². The van der Waals surface area contributed by atoms with Gasteiger partial charge in [-0.3, -0.25) is 4.79 Å². The van der Waals surface area contributed by atoms with Gasteiger partial charge in [0.25, 0.3) is 0 Å². The van der Waals surface area contributed by atoms with Crippen molar-refractivity contribution < 1.29 is 14.6 Å². The smallest absolute Gasteiger partial charge is 0.303 e. The van der Waals surface area contributed by atoms with Crippen LogP contribution in [0.5, 0.6) is 5.75 Å². The van der Waals surface area contributed by atoms with Crippen molar-refractivity contribution >= 4 is 21.9 Å². The number of hydrogen-bond acceptors (Lipinski definition) is 2. The molecule has 0 aliphatic carbocycles. The highest BCUT2D eigenvalue weighted by atomic mass is 79.9. The Kier molecular flexibility index (Phi) is 8.08. The molecule has 0 unspecified atom stereocenters.